The Bertz CT molecular complexity index is 3710. The maximum atomic E-state index is 16.1. The first kappa shape index (κ1) is 48.9. The van der Waals surface area contributed by atoms with E-state index >= 15 is 4.39 Å². The maximum absolute atomic E-state index is 16.1. The third-order valence-corrected chi connectivity index (χ3v) is 18.1. The minimum atomic E-state index is -1.86. The molecule has 3 heterocycles. The SMILES string of the molecule is CC(C)Cc1cc(-c2[c-]cccc2)nc[c]1[Ge]([CH3])([CH3])[CH3].Fc1cccc2nc(-c3[c-]cc4oc5c(-c6ccc7c(c6)CCCC7)cccc5c4c3)n(-c3cc(-c4ccccc4)ccc3-c3ccccc3)c12.[Ir]. The first-order valence-corrected chi connectivity index (χ1v) is 32.3. The number of aromatic nitrogens is 3. The number of para-hydroxylation sites is 2. The molecule has 0 atom stereocenters. The van der Waals surface area contributed by atoms with Crippen molar-refractivity contribution >= 4 is 50.6 Å². The molecule has 1 aliphatic rings. The summed E-state index contributed by atoms with van der Waals surface area (Å²) in [7, 11) is 0. The van der Waals surface area contributed by atoms with Crippen LogP contribution < -0.4 is 4.40 Å². The molecule has 0 amide bonds. The van der Waals surface area contributed by atoms with Crippen LogP contribution in [0, 0.1) is 23.9 Å². The second-order valence-electron chi connectivity index (χ2n) is 20.3. The molecule has 4 nitrogen and oxygen atoms in total. The molecule has 0 saturated heterocycles. The molecule has 0 N–H and O–H groups in total. The molecular weight excluding hydrogens is 1120 g/mol. The molecule has 12 rings (SSSR count). The zero-order valence-corrected chi connectivity index (χ0v) is 45.9. The molecule has 8 aromatic carbocycles. The van der Waals surface area contributed by atoms with Gasteiger partial charge in [-0.15, -0.1) is 23.8 Å². The van der Waals surface area contributed by atoms with E-state index in [-0.39, 0.29) is 25.9 Å². The maximum Gasteiger partial charge on any atom is 0.148 e. The predicted octanol–water partition coefficient (Wildman–Crippen LogP) is 16.7. The second-order valence-corrected chi connectivity index (χ2v) is 30.9. The van der Waals surface area contributed by atoms with Crippen molar-refractivity contribution in [2.75, 3.05) is 0 Å². The van der Waals surface area contributed by atoms with Gasteiger partial charge in [-0.05, 0) is 77.3 Å². The quantitative estimate of drug-likeness (QED) is 0.107. The van der Waals surface area contributed by atoms with Gasteiger partial charge in [-0.1, -0.05) is 121 Å². The Hall–Kier alpha value is -6.70. The summed E-state index contributed by atoms with van der Waals surface area (Å²) < 4.78 is 26.2. The molecule has 0 unspecified atom stereocenters. The first-order valence-electron chi connectivity index (χ1n) is 25.0. The molecule has 7 heteroatoms. The third kappa shape index (κ3) is 9.81. The minimum absolute atomic E-state index is 0. The molecule has 3 aromatic heterocycles. The van der Waals surface area contributed by atoms with Gasteiger partial charge in [-0.2, -0.15) is 0 Å². The van der Waals surface area contributed by atoms with Crippen LogP contribution in [0.4, 0.5) is 4.39 Å². The average Bonchev–Trinajstić information content (AvgIpc) is 3.98. The van der Waals surface area contributed by atoms with Crippen LogP contribution in [0.3, 0.4) is 0 Å². The Morgan fingerprint density at radius 1 is 0.653 bits per heavy atom. The van der Waals surface area contributed by atoms with E-state index in [0.29, 0.717) is 22.8 Å². The van der Waals surface area contributed by atoms with Gasteiger partial charge < -0.3 is 8.98 Å². The average molecular weight is 1180 g/mol. The van der Waals surface area contributed by atoms with Crippen LogP contribution in [-0.2, 0) is 39.4 Å². The molecule has 0 aliphatic heterocycles. The van der Waals surface area contributed by atoms with Crippen LogP contribution in [0.1, 0.15) is 43.4 Å². The van der Waals surface area contributed by atoms with E-state index in [2.05, 4.69) is 147 Å². The topological polar surface area (TPSA) is 43.9 Å². The summed E-state index contributed by atoms with van der Waals surface area (Å²) >= 11 is -1.86. The van der Waals surface area contributed by atoms with E-state index in [1.807, 2.05) is 71.3 Å². The molecule has 0 saturated carbocycles. The first-order chi connectivity index (χ1) is 34.6. The molecule has 0 bridgehead atoms. The number of fused-ring (bicyclic) bond motifs is 5. The van der Waals surface area contributed by atoms with Gasteiger partial charge in [0.25, 0.3) is 0 Å². The summed E-state index contributed by atoms with van der Waals surface area (Å²) in [4.78, 5) is 9.79. The number of furan rings is 1. The summed E-state index contributed by atoms with van der Waals surface area (Å²) in [5.74, 6) is 8.27. The molecule has 1 radical (unpaired) electrons. The minimum Gasteiger partial charge on any atom is -0.500 e. The third-order valence-electron chi connectivity index (χ3n) is 13.8. The van der Waals surface area contributed by atoms with Crippen molar-refractivity contribution in [1.82, 2.24) is 14.5 Å². The summed E-state index contributed by atoms with van der Waals surface area (Å²) in [5.41, 5.74) is 17.1. The summed E-state index contributed by atoms with van der Waals surface area (Å²) in [6.07, 6.45) is 8.05. The molecule has 1 aliphatic carbocycles. The number of pyridine rings is 1. The molecule has 0 fully saturated rings. The van der Waals surface area contributed by atoms with Crippen LogP contribution in [0.2, 0.25) is 17.3 Å². The summed E-state index contributed by atoms with van der Waals surface area (Å²) in [5, 5.41) is 2.00. The fourth-order valence-electron chi connectivity index (χ4n) is 10.4. The number of aryl methyl sites for hydroxylation is 2. The molecular formula is C65H56FGeIrN3O-2. The van der Waals surface area contributed by atoms with Crippen molar-refractivity contribution in [3.63, 3.8) is 0 Å². The van der Waals surface area contributed by atoms with Crippen molar-refractivity contribution < 1.29 is 28.9 Å². The van der Waals surface area contributed by atoms with E-state index in [1.165, 1.54) is 41.2 Å². The van der Waals surface area contributed by atoms with Gasteiger partial charge in [0.05, 0.1) is 22.4 Å². The van der Waals surface area contributed by atoms with Gasteiger partial charge in [-0.25, -0.2) is 4.39 Å². The fourth-order valence-corrected chi connectivity index (χ4v) is 13.7. The van der Waals surface area contributed by atoms with Crippen molar-refractivity contribution in [2.45, 2.75) is 63.2 Å². The van der Waals surface area contributed by atoms with Crippen LogP contribution in [0.15, 0.2) is 187 Å². The van der Waals surface area contributed by atoms with Crippen LogP contribution in [0.25, 0.3) is 94.7 Å². The Kier molecular flexibility index (Phi) is 14.1. The van der Waals surface area contributed by atoms with E-state index in [4.69, 9.17) is 14.4 Å². The van der Waals surface area contributed by atoms with Crippen LogP contribution in [-0.4, -0.2) is 27.8 Å². The standard InChI is InChI=1S/C47H32FN2O.C18H24GeN.Ir/c48-41-19-10-20-42-45(41)50(43-29-34(30-11-3-1-4-12-30)23-25-37(43)32-14-5-2-6-15-32)47(49-42)36-24-26-44-40(28-36)39-18-9-17-38(46(39)51-44)35-22-21-31-13-7-8-16-33(31)27-35;1-14(2)11-16-12-18(15-9-7-6-8-10-15)20-13-17(16)19(3,4)5;/h1-6,9-12,14-15,17-23,25-29H,7-8,13,16H2;6-9,12-14H,11H2,1-5H3;/q2*-1;. The summed E-state index contributed by atoms with van der Waals surface area (Å²) in [6, 6.07) is 66.4. The smallest absolute Gasteiger partial charge is 0.148 e. The van der Waals surface area contributed by atoms with Gasteiger partial charge in [0.15, 0.2) is 0 Å². The van der Waals surface area contributed by atoms with Gasteiger partial charge in [0.2, 0.25) is 0 Å². The van der Waals surface area contributed by atoms with Crippen molar-refractivity contribution in [2.24, 2.45) is 5.92 Å². The predicted molar refractivity (Wildman–Crippen MR) is 296 cm³/mol. The monoisotopic (exact) mass is 1180 g/mol. The van der Waals surface area contributed by atoms with E-state index in [0.717, 1.165) is 91.5 Å². The van der Waals surface area contributed by atoms with Crippen molar-refractivity contribution in [3.05, 3.63) is 217 Å². The van der Waals surface area contributed by atoms with Gasteiger partial charge in [0, 0.05) is 42.3 Å². The van der Waals surface area contributed by atoms with Crippen molar-refractivity contribution in [3.8, 4) is 61.7 Å². The number of imidazole rings is 1. The summed E-state index contributed by atoms with van der Waals surface area (Å²) in [6.45, 7) is 4.57. The van der Waals surface area contributed by atoms with E-state index in [1.54, 1.807) is 10.5 Å². The Labute approximate surface area is 438 Å². The number of halogens is 1. The van der Waals surface area contributed by atoms with E-state index < -0.39 is 13.3 Å². The van der Waals surface area contributed by atoms with E-state index in [9.17, 15) is 0 Å². The number of rotatable bonds is 9. The number of hydrogen-bond acceptors (Lipinski definition) is 3. The number of nitrogens with zero attached hydrogens (tertiary/aromatic N) is 3. The largest absolute Gasteiger partial charge is 0.500 e. The van der Waals surface area contributed by atoms with Gasteiger partial charge in [0.1, 0.15) is 11.4 Å². The molecule has 0 spiro atoms. The normalized spacial score (nSPS) is 12.4. The molecule has 72 heavy (non-hydrogen) atoms. The molecule has 11 aromatic rings. The fraction of sp³-hybridized carbons (Fsp3) is 0.169. The number of hydrogen-bond donors (Lipinski definition) is 0. The van der Waals surface area contributed by atoms with Gasteiger partial charge in [-0.3, -0.25) is 4.98 Å². The second kappa shape index (κ2) is 20.8. The number of benzene rings is 8. The molecule has 359 valence electrons. The van der Waals surface area contributed by atoms with Crippen molar-refractivity contribution in [1.29, 1.82) is 0 Å². The van der Waals surface area contributed by atoms with Crippen LogP contribution in [0.5, 0.6) is 0 Å². The zero-order chi connectivity index (χ0) is 48.6. The zero-order valence-electron chi connectivity index (χ0n) is 41.4. The Balaban J connectivity index is 0.000000240. The van der Waals surface area contributed by atoms with Crippen LogP contribution >= 0.6 is 0 Å². The Morgan fingerprint density at radius 3 is 2.14 bits per heavy atom. The Morgan fingerprint density at radius 2 is 1.39 bits per heavy atom. The van der Waals surface area contributed by atoms with Gasteiger partial charge >= 0.3 is 126 Å².